The molecule has 0 spiro atoms. The second-order valence-electron chi connectivity index (χ2n) is 6.21. The molecule has 0 fully saturated rings. The lowest BCUT2D eigenvalue weighted by atomic mass is 10.1. The van der Waals surface area contributed by atoms with E-state index in [1.165, 1.54) is 42.5 Å². The number of halogens is 2. The van der Waals surface area contributed by atoms with Crippen LogP contribution < -0.4 is 10.0 Å². The van der Waals surface area contributed by atoms with E-state index in [0.29, 0.717) is 23.4 Å². The lowest BCUT2D eigenvalue weighted by Gasteiger charge is -2.09. The molecular formula is C19H17ClFN3O4S. The number of nitrogens with one attached hydrogen (secondary N) is 2. The van der Waals surface area contributed by atoms with Crippen molar-refractivity contribution in [2.24, 2.45) is 0 Å². The third-order valence-corrected chi connectivity index (χ3v) is 5.76. The monoisotopic (exact) mass is 437 g/mol. The summed E-state index contributed by atoms with van der Waals surface area (Å²) in [5, 5.41) is 6.57. The minimum absolute atomic E-state index is 0.0216. The first kappa shape index (κ1) is 20.8. The summed E-state index contributed by atoms with van der Waals surface area (Å²) in [6.07, 6.45) is 0.521. The Hall–Kier alpha value is -2.91. The molecule has 0 saturated carbocycles. The van der Waals surface area contributed by atoms with Gasteiger partial charge in [0.1, 0.15) is 5.82 Å². The quantitative estimate of drug-likeness (QED) is 0.578. The Kier molecular flexibility index (Phi) is 6.19. The standard InChI is InChI=1S/C19H17ClFN3O4S/c1-12-17(19(20)28-23-12)9-10-18(25)22-14-5-7-16(8-6-14)29(26,27)24-15-4-2-3-13(21)11-15/h2-8,11,24H,9-10H2,1H3,(H,22,25). The zero-order valence-electron chi connectivity index (χ0n) is 15.3. The highest BCUT2D eigenvalue weighted by atomic mass is 35.5. The lowest BCUT2D eigenvalue weighted by molar-refractivity contribution is -0.116. The molecular weight excluding hydrogens is 421 g/mol. The number of sulfonamides is 1. The van der Waals surface area contributed by atoms with Gasteiger partial charge in [-0.1, -0.05) is 11.2 Å². The molecule has 0 aliphatic heterocycles. The molecule has 7 nitrogen and oxygen atoms in total. The topological polar surface area (TPSA) is 101 Å². The van der Waals surface area contributed by atoms with Crippen molar-refractivity contribution in [3.63, 3.8) is 0 Å². The average Bonchev–Trinajstić information content (AvgIpc) is 2.98. The van der Waals surface area contributed by atoms with Gasteiger partial charge in [-0.15, -0.1) is 0 Å². The van der Waals surface area contributed by atoms with E-state index in [1.807, 2.05) is 0 Å². The molecule has 0 saturated heterocycles. The van der Waals surface area contributed by atoms with Gasteiger partial charge >= 0.3 is 0 Å². The van der Waals surface area contributed by atoms with Crippen molar-refractivity contribution in [2.45, 2.75) is 24.7 Å². The molecule has 0 aliphatic carbocycles. The number of hydrogen-bond acceptors (Lipinski definition) is 5. The molecule has 2 aromatic carbocycles. The van der Waals surface area contributed by atoms with Gasteiger partial charge in [0, 0.05) is 17.7 Å². The Labute approximate surface area is 171 Å². The lowest BCUT2D eigenvalue weighted by Crippen LogP contribution is -2.14. The molecule has 2 N–H and O–H groups in total. The number of nitrogens with zero attached hydrogens (tertiary/aromatic N) is 1. The predicted octanol–water partition coefficient (Wildman–Crippen LogP) is 4.15. The molecule has 152 valence electrons. The van der Waals surface area contributed by atoms with Gasteiger partial charge in [-0.05, 0) is 67.4 Å². The Morgan fingerprint density at radius 2 is 1.90 bits per heavy atom. The van der Waals surface area contributed by atoms with Crippen LogP contribution in [0.4, 0.5) is 15.8 Å². The maximum atomic E-state index is 13.2. The van der Waals surface area contributed by atoms with Crippen molar-refractivity contribution < 1.29 is 22.1 Å². The van der Waals surface area contributed by atoms with Crippen LogP contribution in [0, 0.1) is 12.7 Å². The highest BCUT2D eigenvalue weighted by molar-refractivity contribution is 7.92. The van der Waals surface area contributed by atoms with Crippen LogP contribution in [0.3, 0.4) is 0 Å². The summed E-state index contributed by atoms with van der Waals surface area (Å²) in [6, 6.07) is 10.8. The zero-order chi connectivity index (χ0) is 21.0. The van der Waals surface area contributed by atoms with Crippen LogP contribution >= 0.6 is 11.6 Å². The summed E-state index contributed by atoms with van der Waals surface area (Å²) in [5.74, 6) is -0.818. The molecule has 1 aromatic heterocycles. The number of aromatic nitrogens is 1. The molecule has 3 aromatic rings. The smallest absolute Gasteiger partial charge is 0.261 e. The molecule has 0 atom stereocenters. The van der Waals surface area contributed by atoms with Crippen LogP contribution in [0.5, 0.6) is 0 Å². The maximum absolute atomic E-state index is 13.2. The number of aryl methyl sites for hydroxylation is 1. The van der Waals surface area contributed by atoms with Crippen LogP contribution in [0.25, 0.3) is 0 Å². The van der Waals surface area contributed by atoms with E-state index < -0.39 is 15.8 Å². The number of anilines is 2. The summed E-state index contributed by atoms with van der Waals surface area (Å²) < 4.78 is 45.2. The summed E-state index contributed by atoms with van der Waals surface area (Å²) in [5.41, 5.74) is 1.85. The molecule has 0 radical (unpaired) electrons. The predicted molar refractivity (Wildman–Crippen MR) is 107 cm³/mol. The number of hydrogen-bond donors (Lipinski definition) is 2. The van der Waals surface area contributed by atoms with Gasteiger partial charge in [-0.25, -0.2) is 12.8 Å². The van der Waals surface area contributed by atoms with E-state index in [4.69, 9.17) is 16.1 Å². The molecule has 1 amide bonds. The van der Waals surface area contributed by atoms with Gasteiger partial charge in [0.15, 0.2) is 0 Å². The van der Waals surface area contributed by atoms with Gasteiger partial charge in [-0.3, -0.25) is 9.52 Å². The van der Waals surface area contributed by atoms with Gasteiger partial charge in [0.05, 0.1) is 16.3 Å². The summed E-state index contributed by atoms with van der Waals surface area (Å²) in [4.78, 5) is 12.1. The van der Waals surface area contributed by atoms with Crippen molar-refractivity contribution in [3.05, 3.63) is 70.8 Å². The third-order valence-electron chi connectivity index (χ3n) is 4.06. The van der Waals surface area contributed by atoms with Gasteiger partial charge in [0.2, 0.25) is 11.1 Å². The molecule has 0 aliphatic rings. The molecule has 10 heteroatoms. The number of carbonyl (C=O) groups is 1. The highest BCUT2D eigenvalue weighted by Crippen LogP contribution is 2.22. The fourth-order valence-corrected chi connectivity index (χ4v) is 3.90. The van der Waals surface area contributed by atoms with Crippen molar-refractivity contribution in [3.8, 4) is 0 Å². The Morgan fingerprint density at radius 1 is 1.17 bits per heavy atom. The van der Waals surface area contributed by atoms with E-state index >= 15 is 0 Å². The average molecular weight is 438 g/mol. The molecule has 0 unspecified atom stereocenters. The zero-order valence-corrected chi connectivity index (χ0v) is 16.8. The summed E-state index contributed by atoms with van der Waals surface area (Å²) >= 11 is 5.87. The maximum Gasteiger partial charge on any atom is 0.261 e. The molecule has 29 heavy (non-hydrogen) atoms. The second-order valence-corrected chi connectivity index (χ2v) is 8.23. The minimum Gasteiger partial charge on any atom is -0.344 e. The number of rotatable bonds is 7. The minimum atomic E-state index is -3.89. The van der Waals surface area contributed by atoms with Gasteiger partial charge in [-0.2, -0.15) is 0 Å². The summed E-state index contributed by atoms with van der Waals surface area (Å²) in [7, 11) is -3.89. The van der Waals surface area contributed by atoms with Gasteiger partial charge < -0.3 is 9.84 Å². The van der Waals surface area contributed by atoms with E-state index in [1.54, 1.807) is 6.92 Å². The van der Waals surface area contributed by atoms with E-state index in [0.717, 1.165) is 6.07 Å². The van der Waals surface area contributed by atoms with Crippen LogP contribution in [0.1, 0.15) is 17.7 Å². The molecule has 3 rings (SSSR count). The molecule has 1 heterocycles. The van der Waals surface area contributed by atoms with E-state index in [-0.39, 0.29) is 28.1 Å². The van der Waals surface area contributed by atoms with Crippen LogP contribution in [0.15, 0.2) is 57.9 Å². The Bertz CT molecular complexity index is 1110. The number of benzene rings is 2. The highest BCUT2D eigenvalue weighted by Gasteiger charge is 2.16. The first-order chi connectivity index (χ1) is 13.7. The second kappa shape index (κ2) is 8.62. The fraction of sp³-hybridized carbons (Fsp3) is 0.158. The van der Waals surface area contributed by atoms with Crippen LogP contribution in [-0.2, 0) is 21.2 Å². The fourth-order valence-electron chi connectivity index (χ4n) is 2.59. The number of amides is 1. The normalized spacial score (nSPS) is 11.3. The first-order valence-electron chi connectivity index (χ1n) is 8.53. The van der Waals surface area contributed by atoms with Crippen molar-refractivity contribution in [2.75, 3.05) is 10.0 Å². The largest absolute Gasteiger partial charge is 0.344 e. The van der Waals surface area contributed by atoms with Gasteiger partial charge in [0.25, 0.3) is 10.0 Å². The Morgan fingerprint density at radius 3 is 2.52 bits per heavy atom. The SMILES string of the molecule is Cc1noc(Cl)c1CCC(=O)Nc1ccc(S(=O)(=O)Nc2cccc(F)c2)cc1. The van der Waals surface area contributed by atoms with Crippen LogP contribution in [-0.4, -0.2) is 19.5 Å². The third kappa shape index (κ3) is 5.33. The molecule has 0 bridgehead atoms. The Balaban J connectivity index is 1.61. The number of carbonyl (C=O) groups excluding carboxylic acids is 1. The first-order valence-corrected chi connectivity index (χ1v) is 10.4. The van der Waals surface area contributed by atoms with Crippen molar-refractivity contribution in [1.82, 2.24) is 5.16 Å². The van der Waals surface area contributed by atoms with Crippen LogP contribution in [0.2, 0.25) is 5.22 Å². The summed E-state index contributed by atoms with van der Waals surface area (Å²) in [6.45, 7) is 1.74. The van der Waals surface area contributed by atoms with Crippen molar-refractivity contribution in [1.29, 1.82) is 0 Å². The van der Waals surface area contributed by atoms with E-state index in [2.05, 4.69) is 15.2 Å². The van der Waals surface area contributed by atoms with E-state index in [9.17, 15) is 17.6 Å². The van der Waals surface area contributed by atoms with Crippen molar-refractivity contribution >= 4 is 38.9 Å².